The lowest BCUT2D eigenvalue weighted by molar-refractivity contribution is 0.406. The summed E-state index contributed by atoms with van der Waals surface area (Å²) in [5, 5.41) is 7.90. The molecule has 0 unspecified atom stereocenters. The fourth-order valence-corrected chi connectivity index (χ4v) is 1.60. The average Bonchev–Trinajstić information content (AvgIpc) is 2.78. The summed E-state index contributed by atoms with van der Waals surface area (Å²) in [5.41, 5.74) is 6.45. The number of para-hydroxylation sites is 1. The van der Waals surface area contributed by atoms with Gasteiger partial charge in [-0.1, -0.05) is 18.2 Å². The summed E-state index contributed by atoms with van der Waals surface area (Å²) in [5.74, 6) is 1.99. The van der Waals surface area contributed by atoms with Gasteiger partial charge in [-0.15, -0.1) is 10.2 Å². The maximum atomic E-state index is 5.47. The molecule has 0 aliphatic heterocycles. The van der Waals surface area contributed by atoms with Crippen molar-refractivity contribution in [1.82, 2.24) is 10.2 Å². The highest BCUT2D eigenvalue weighted by molar-refractivity contribution is 5.34. The molecule has 0 bridgehead atoms. The summed E-state index contributed by atoms with van der Waals surface area (Å²) < 4.78 is 10.7. The number of aromatic nitrogens is 2. The van der Waals surface area contributed by atoms with E-state index in [1.807, 2.05) is 24.3 Å². The number of hydrogen-bond donors (Lipinski definition) is 1. The summed E-state index contributed by atoms with van der Waals surface area (Å²) in [6, 6.07) is 7.77. The van der Waals surface area contributed by atoms with Crippen LogP contribution in [0.3, 0.4) is 0 Å². The Bertz CT molecular complexity index is 482. The molecule has 0 radical (unpaired) electrons. The number of nitrogens with zero attached hydrogens (tertiary/aromatic N) is 2. The van der Waals surface area contributed by atoms with Crippen molar-refractivity contribution in [2.24, 2.45) is 5.73 Å². The highest BCUT2D eigenvalue weighted by Crippen LogP contribution is 2.20. The maximum absolute atomic E-state index is 5.47. The van der Waals surface area contributed by atoms with Crippen molar-refractivity contribution >= 4 is 0 Å². The minimum Gasteiger partial charge on any atom is -0.496 e. The van der Waals surface area contributed by atoms with E-state index in [0.717, 1.165) is 11.3 Å². The Balaban J connectivity index is 2.13. The molecule has 0 atom stereocenters. The lowest BCUT2D eigenvalue weighted by Crippen LogP contribution is -2.02. The molecule has 1 heterocycles. The van der Waals surface area contributed by atoms with Crippen LogP contribution in [-0.4, -0.2) is 23.9 Å². The van der Waals surface area contributed by atoms with Gasteiger partial charge < -0.3 is 14.9 Å². The second-order valence-corrected chi connectivity index (χ2v) is 3.62. The van der Waals surface area contributed by atoms with Crippen molar-refractivity contribution in [2.45, 2.75) is 12.8 Å². The zero-order valence-electron chi connectivity index (χ0n) is 9.72. The molecule has 0 aliphatic carbocycles. The third kappa shape index (κ3) is 2.82. The fraction of sp³-hybridized carbons (Fsp3) is 0.333. The molecule has 0 saturated carbocycles. The molecule has 0 fully saturated rings. The number of methoxy groups -OCH3 is 1. The Morgan fingerprint density at radius 2 is 2.00 bits per heavy atom. The third-order valence-corrected chi connectivity index (χ3v) is 2.40. The van der Waals surface area contributed by atoms with Crippen molar-refractivity contribution in [1.29, 1.82) is 0 Å². The zero-order valence-corrected chi connectivity index (χ0v) is 9.72. The van der Waals surface area contributed by atoms with Crippen LogP contribution in [0, 0.1) is 0 Å². The maximum Gasteiger partial charge on any atom is 0.221 e. The molecule has 2 aromatic rings. The highest BCUT2D eigenvalue weighted by Gasteiger charge is 2.09. The topological polar surface area (TPSA) is 74.2 Å². The van der Waals surface area contributed by atoms with E-state index in [2.05, 4.69) is 10.2 Å². The van der Waals surface area contributed by atoms with Gasteiger partial charge in [0.15, 0.2) is 0 Å². The van der Waals surface area contributed by atoms with Crippen LogP contribution in [0.4, 0.5) is 0 Å². The van der Waals surface area contributed by atoms with Crippen molar-refractivity contribution in [3.63, 3.8) is 0 Å². The lowest BCUT2D eigenvalue weighted by Gasteiger charge is -2.05. The molecule has 0 saturated heterocycles. The molecule has 1 aromatic carbocycles. The summed E-state index contributed by atoms with van der Waals surface area (Å²) >= 11 is 0. The van der Waals surface area contributed by atoms with Gasteiger partial charge in [0.25, 0.3) is 0 Å². The van der Waals surface area contributed by atoms with Gasteiger partial charge in [0.2, 0.25) is 11.8 Å². The second kappa shape index (κ2) is 5.45. The molecule has 2 rings (SSSR count). The van der Waals surface area contributed by atoms with E-state index >= 15 is 0 Å². The molecular formula is C12H15N3O2. The van der Waals surface area contributed by atoms with E-state index in [9.17, 15) is 0 Å². The first-order chi connectivity index (χ1) is 8.33. The van der Waals surface area contributed by atoms with Crippen LogP contribution in [-0.2, 0) is 12.8 Å². The molecular weight excluding hydrogens is 218 g/mol. The van der Waals surface area contributed by atoms with E-state index in [4.69, 9.17) is 14.9 Å². The fourth-order valence-electron chi connectivity index (χ4n) is 1.60. The van der Waals surface area contributed by atoms with Gasteiger partial charge in [0.1, 0.15) is 5.75 Å². The van der Waals surface area contributed by atoms with Crippen LogP contribution in [0.5, 0.6) is 5.75 Å². The van der Waals surface area contributed by atoms with Crippen LogP contribution in [0.1, 0.15) is 17.3 Å². The van der Waals surface area contributed by atoms with Crippen molar-refractivity contribution in [3.05, 3.63) is 41.6 Å². The van der Waals surface area contributed by atoms with Crippen LogP contribution in [0.15, 0.2) is 28.7 Å². The van der Waals surface area contributed by atoms with Crippen LogP contribution in [0.2, 0.25) is 0 Å². The van der Waals surface area contributed by atoms with E-state index < -0.39 is 0 Å². The third-order valence-electron chi connectivity index (χ3n) is 2.40. The predicted octanol–water partition coefficient (Wildman–Crippen LogP) is 1.17. The quantitative estimate of drug-likeness (QED) is 0.839. The monoisotopic (exact) mass is 233 g/mol. The van der Waals surface area contributed by atoms with Crippen LogP contribution < -0.4 is 10.5 Å². The molecule has 1 aromatic heterocycles. The van der Waals surface area contributed by atoms with Crippen LogP contribution in [0.25, 0.3) is 0 Å². The Kier molecular flexibility index (Phi) is 3.72. The number of rotatable bonds is 5. The van der Waals surface area contributed by atoms with Crippen LogP contribution >= 0.6 is 0 Å². The molecule has 5 heteroatoms. The Labute approximate surface area is 99.6 Å². The summed E-state index contributed by atoms with van der Waals surface area (Å²) in [4.78, 5) is 0. The summed E-state index contributed by atoms with van der Waals surface area (Å²) in [6.07, 6.45) is 1.18. The van der Waals surface area contributed by atoms with E-state index in [0.29, 0.717) is 31.2 Å². The Morgan fingerprint density at radius 1 is 1.24 bits per heavy atom. The minimum absolute atomic E-state index is 0.510. The first-order valence-corrected chi connectivity index (χ1v) is 5.46. The van der Waals surface area contributed by atoms with Gasteiger partial charge in [0.05, 0.1) is 13.5 Å². The molecule has 90 valence electrons. The number of ether oxygens (including phenoxy) is 1. The Hall–Kier alpha value is -1.88. The summed E-state index contributed by atoms with van der Waals surface area (Å²) in [7, 11) is 1.65. The first-order valence-electron chi connectivity index (χ1n) is 5.46. The van der Waals surface area contributed by atoms with E-state index in [-0.39, 0.29) is 0 Å². The van der Waals surface area contributed by atoms with E-state index in [1.54, 1.807) is 7.11 Å². The van der Waals surface area contributed by atoms with Gasteiger partial charge in [-0.25, -0.2) is 0 Å². The largest absolute Gasteiger partial charge is 0.496 e. The smallest absolute Gasteiger partial charge is 0.221 e. The molecule has 0 aliphatic rings. The zero-order chi connectivity index (χ0) is 12.1. The minimum atomic E-state index is 0.510. The number of hydrogen-bond acceptors (Lipinski definition) is 5. The van der Waals surface area contributed by atoms with Crippen molar-refractivity contribution in [2.75, 3.05) is 13.7 Å². The molecule has 0 amide bonds. The molecule has 17 heavy (non-hydrogen) atoms. The molecule has 2 N–H and O–H groups in total. The standard InChI is InChI=1S/C12H15N3O2/c1-16-10-5-3-2-4-9(10)8-12-15-14-11(17-12)6-7-13/h2-5H,6-8,13H2,1H3. The first kappa shape index (κ1) is 11.6. The highest BCUT2D eigenvalue weighted by atomic mass is 16.5. The van der Waals surface area contributed by atoms with Gasteiger partial charge in [0, 0.05) is 18.5 Å². The van der Waals surface area contributed by atoms with Gasteiger partial charge in [-0.05, 0) is 6.07 Å². The average molecular weight is 233 g/mol. The van der Waals surface area contributed by atoms with Gasteiger partial charge in [-0.2, -0.15) is 0 Å². The number of nitrogens with two attached hydrogens (primary N) is 1. The lowest BCUT2D eigenvalue weighted by atomic mass is 10.1. The molecule has 5 nitrogen and oxygen atoms in total. The van der Waals surface area contributed by atoms with Gasteiger partial charge >= 0.3 is 0 Å². The van der Waals surface area contributed by atoms with Crippen molar-refractivity contribution < 1.29 is 9.15 Å². The second-order valence-electron chi connectivity index (χ2n) is 3.62. The Morgan fingerprint density at radius 3 is 2.76 bits per heavy atom. The van der Waals surface area contributed by atoms with Crippen molar-refractivity contribution in [3.8, 4) is 5.75 Å². The van der Waals surface area contributed by atoms with E-state index in [1.165, 1.54) is 0 Å². The number of benzene rings is 1. The molecule has 0 spiro atoms. The normalized spacial score (nSPS) is 10.5. The SMILES string of the molecule is COc1ccccc1Cc1nnc(CCN)o1. The predicted molar refractivity (Wildman–Crippen MR) is 62.9 cm³/mol. The van der Waals surface area contributed by atoms with Gasteiger partial charge in [-0.3, -0.25) is 0 Å². The summed E-state index contributed by atoms with van der Waals surface area (Å²) in [6.45, 7) is 0.510.